The lowest BCUT2D eigenvalue weighted by Crippen LogP contribution is -2.62. The fraction of sp³-hybridized carbons (Fsp3) is 0.452. The number of likely N-dealkylation sites (tertiary alicyclic amines) is 1. The number of urea groups is 1. The number of benzene rings is 1. The fourth-order valence-electron chi connectivity index (χ4n) is 5.30. The van der Waals surface area contributed by atoms with Crippen LogP contribution in [-0.4, -0.2) is 50.8 Å². The normalized spacial score (nSPS) is 18.8. The molecule has 1 atom stereocenters. The molecule has 0 saturated carbocycles. The maximum atomic E-state index is 13.1. The van der Waals surface area contributed by atoms with Crippen LogP contribution >= 0.6 is 0 Å². The summed E-state index contributed by atoms with van der Waals surface area (Å²) in [5, 5.41) is 9.28. The van der Waals surface area contributed by atoms with Gasteiger partial charge in [-0.2, -0.15) is 0 Å². The highest BCUT2D eigenvalue weighted by Gasteiger charge is 2.50. The zero-order valence-electron chi connectivity index (χ0n) is 24.6. The van der Waals surface area contributed by atoms with E-state index in [9.17, 15) is 14.4 Å². The number of nitrogens with one attached hydrogen (secondary N) is 2. The zero-order valence-corrected chi connectivity index (χ0v) is 24.6. The highest BCUT2D eigenvalue weighted by atomic mass is 16.5. The minimum absolute atomic E-state index is 0.127. The number of carbonyl (C=O) groups excluding carboxylic acids is 3. The summed E-state index contributed by atoms with van der Waals surface area (Å²) in [5.74, 6) is 0.744. The van der Waals surface area contributed by atoms with Crippen LogP contribution in [0.1, 0.15) is 88.2 Å². The molecule has 40 heavy (non-hydrogen) atoms. The van der Waals surface area contributed by atoms with Gasteiger partial charge in [0.05, 0.1) is 5.92 Å². The Morgan fingerprint density at radius 1 is 1.05 bits per heavy atom. The SMILES string of the molecule is CN1C(C)(C)CC(=O)C(c2ccc(C(=O)Cc3ccc(NC(=O)Nc4cc(C(C)(C)C)on4)cc3)nc2)C1(C)C. The lowest BCUT2D eigenvalue weighted by Gasteiger charge is -2.54. The molecule has 3 aromatic rings. The van der Waals surface area contributed by atoms with E-state index in [4.69, 9.17) is 4.52 Å². The summed E-state index contributed by atoms with van der Waals surface area (Å²) in [6, 6.07) is 11.8. The Bertz CT molecular complexity index is 1400. The van der Waals surface area contributed by atoms with E-state index in [0.29, 0.717) is 29.4 Å². The molecule has 1 fully saturated rings. The third kappa shape index (κ3) is 6.14. The number of hydrogen-bond acceptors (Lipinski definition) is 7. The molecule has 2 N–H and O–H groups in total. The summed E-state index contributed by atoms with van der Waals surface area (Å²) in [7, 11) is 2.05. The number of likely N-dealkylation sites (N-methyl/N-ethyl adjacent to an activating group) is 1. The van der Waals surface area contributed by atoms with Crippen LogP contribution in [0, 0.1) is 0 Å². The second kappa shape index (κ2) is 10.6. The molecule has 9 nitrogen and oxygen atoms in total. The summed E-state index contributed by atoms with van der Waals surface area (Å²) >= 11 is 0. The molecule has 1 aliphatic heterocycles. The van der Waals surface area contributed by atoms with Crippen molar-refractivity contribution in [3.8, 4) is 0 Å². The number of nitrogens with zero attached hydrogens (tertiary/aromatic N) is 3. The number of anilines is 2. The minimum atomic E-state index is -0.448. The first-order valence-corrected chi connectivity index (χ1v) is 13.5. The van der Waals surface area contributed by atoms with Gasteiger partial charge in [0.25, 0.3) is 0 Å². The molecule has 0 aliphatic carbocycles. The van der Waals surface area contributed by atoms with Gasteiger partial charge in [-0.05, 0) is 64.1 Å². The average molecular weight is 546 g/mol. The molecular weight excluding hydrogens is 506 g/mol. The molecule has 0 spiro atoms. The van der Waals surface area contributed by atoms with Crippen LogP contribution in [0.15, 0.2) is 53.2 Å². The molecular formula is C31H39N5O4. The number of carbonyl (C=O) groups is 3. The molecule has 1 aliphatic rings. The van der Waals surface area contributed by atoms with Crippen LogP contribution in [0.4, 0.5) is 16.3 Å². The van der Waals surface area contributed by atoms with Gasteiger partial charge in [-0.25, -0.2) is 4.79 Å². The zero-order chi connectivity index (χ0) is 29.5. The van der Waals surface area contributed by atoms with Crippen molar-refractivity contribution in [2.75, 3.05) is 17.7 Å². The van der Waals surface area contributed by atoms with Crippen molar-refractivity contribution in [3.63, 3.8) is 0 Å². The highest BCUT2D eigenvalue weighted by molar-refractivity contribution is 5.99. The number of Topliss-reactive ketones (excluding diaryl/α,β-unsaturated/α-hetero) is 2. The van der Waals surface area contributed by atoms with Crippen LogP contribution in [0.25, 0.3) is 0 Å². The molecule has 4 rings (SSSR count). The van der Waals surface area contributed by atoms with E-state index in [1.54, 1.807) is 42.6 Å². The Morgan fingerprint density at radius 2 is 1.73 bits per heavy atom. The van der Waals surface area contributed by atoms with E-state index in [1.165, 1.54) is 0 Å². The molecule has 1 unspecified atom stereocenters. The monoisotopic (exact) mass is 545 g/mol. The van der Waals surface area contributed by atoms with Crippen LogP contribution in [0.5, 0.6) is 0 Å². The van der Waals surface area contributed by atoms with E-state index in [1.807, 2.05) is 26.8 Å². The second-order valence-corrected chi connectivity index (χ2v) is 12.8. The van der Waals surface area contributed by atoms with Gasteiger partial charge in [-0.1, -0.05) is 44.1 Å². The number of aromatic nitrogens is 2. The summed E-state index contributed by atoms with van der Waals surface area (Å²) < 4.78 is 5.29. The molecule has 3 heterocycles. The van der Waals surface area contributed by atoms with E-state index < -0.39 is 6.03 Å². The number of amides is 2. The molecule has 1 aromatic carbocycles. The smallest absolute Gasteiger partial charge is 0.324 e. The predicted molar refractivity (Wildman–Crippen MR) is 155 cm³/mol. The van der Waals surface area contributed by atoms with Crippen molar-refractivity contribution < 1.29 is 18.9 Å². The first kappa shape index (κ1) is 29.1. The Kier molecular flexibility index (Phi) is 7.73. The third-order valence-electron chi connectivity index (χ3n) is 7.88. The van der Waals surface area contributed by atoms with Gasteiger partial charge in [0.2, 0.25) is 0 Å². The van der Waals surface area contributed by atoms with Crippen LogP contribution in [0.2, 0.25) is 0 Å². The van der Waals surface area contributed by atoms with E-state index in [2.05, 4.69) is 60.4 Å². The van der Waals surface area contributed by atoms with E-state index >= 15 is 0 Å². The molecule has 1 saturated heterocycles. The first-order chi connectivity index (χ1) is 18.6. The van der Waals surface area contributed by atoms with E-state index in [0.717, 1.165) is 11.1 Å². The van der Waals surface area contributed by atoms with Crippen molar-refractivity contribution in [1.82, 2.24) is 15.0 Å². The molecule has 2 amide bonds. The number of hydrogen-bond donors (Lipinski definition) is 2. The molecule has 0 bridgehead atoms. The lowest BCUT2D eigenvalue weighted by molar-refractivity contribution is -0.135. The number of piperidine rings is 1. The van der Waals surface area contributed by atoms with Crippen LogP contribution < -0.4 is 10.6 Å². The van der Waals surface area contributed by atoms with Gasteiger partial charge in [-0.15, -0.1) is 0 Å². The van der Waals surface area contributed by atoms with Crippen molar-refractivity contribution in [3.05, 3.63) is 71.2 Å². The number of rotatable bonds is 6. The topological polar surface area (TPSA) is 117 Å². The molecule has 2 aromatic heterocycles. The van der Waals surface area contributed by atoms with Gasteiger partial charge in [0.1, 0.15) is 17.2 Å². The average Bonchev–Trinajstić information content (AvgIpc) is 3.33. The van der Waals surface area contributed by atoms with Gasteiger partial charge < -0.3 is 9.84 Å². The van der Waals surface area contributed by atoms with Gasteiger partial charge in [0, 0.05) is 47.3 Å². The van der Waals surface area contributed by atoms with Crippen LogP contribution in [-0.2, 0) is 16.6 Å². The lowest BCUT2D eigenvalue weighted by atomic mass is 9.69. The Labute approximate surface area is 235 Å². The Hall–Kier alpha value is -3.85. The largest absolute Gasteiger partial charge is 0.359 e. The van der Waals surface area contributed by atoms with Crippen molar-refractivity contribution in [2.45, 2.75) is 83.7 Å². The first-order valence-electron chi connectivity index (χ1n) is 13.5. The quantitative estimate of drug-likeness (QED) is 0.366. The van der Waals surface area contributed by atoms with Gasteiger partial charge >= 0.3 is 6.03 Å². The number of ketones is 2. The second-order valence-electron chi connectivity index (χ2n) is 12.8. The standard InChI is InChI=1S/C31H39N5O4/c1-29(2,3)25-16-26(35-40-25)34-28(39)33-21-12-9-19(10-13-21)15-23(37)22-14-11-20(18-32-22)27-24(38)17-30(4,5)36(8)31(27,6)7/h9-14,16,18,27H,15,17H2,1-8H3,(H2,33,34,35,39). The molecule has 9 heteroatoms. The van der Waals surface area contributed by atoms with Crippen molar-refractivity contribution in [2.24, 2.45) is 0 Å². The summed E-state index contributed by atoms with van der Waals surface area (Å²) in [6.07, 6.45) is 2.29. The minimum Gasteiger partial charge on any atom is -0.359 e. The van der Waals surface area contributed by atoms with Crippen molar-refractivity contribution >= 4 is 29.1 Å². The maximum absolute atomic E-state index is 13.1. The summed E-state index contributed by atoms with van der Waals surface area (Å²) in [4.78, 5) is 45.1. The van der Waals surface area contributed by atoms with Gasteiger partial charge in [-0.3, -0.25) is 24.8 Å². The fourth-order valence-corrected chi connectivity index (χ4v) is 5.30. The van der Waals surface area contributed by atoms with E-state index in [-0.39, 0.29) is 40.4 Å². The van der Waals surface area contributed by atoms with Crippen molar-refractivity contribution in [1.29, 1.82) is 0 Å². The summed E-state index contributed by atoms with van der Waals surface area (Å²) in [5.41, 5.74) is 1.72. The highest BCUT2D eigenvalue weighted by Crippen LogP contribution is 2.43. The van der Waals surface area contributed by atoms with Gasteiger partial charge in [0.15, 0.2) is 11.6 Å². The number of pyridine rings is 1. The Balaban J connectivity index is 1.35. The molecule has 0 radical (unpaired) electrons. The van der Waals surface area contributed by atoms with Crippen LogP contribution in [0.3, 0.4) is 0 Å². The molecule has 212 valence electrons. The predicted octanol–water partition coefficient (Wildman–Crippen LogP) is 5.98. The summed E-state index contributed by atoms with van der Waals surface area (Å²) in [6.45, 7) is 14.3. The Morgan fingerprint density at radius 3 is 2.30 bits per heavy atom. The maximum Gasteiger partial charge on any atom is 0.324 e. The third-order valence-corrected chi connectivity index (χ3v) is 7.88.